The van der Waals surface area contributed by atoms with Crippen LogP contribution in [0.1, 0.15) is 18.3 Å². The molecule has 0 aromatic carbocycles. The van der Waals surface area contributed by atoms with Gasteiger partial charge in [0.25, 0.3) is 0 Å². The lowest BCUT2D eigenvalue weighted by molar-refractivity contribution is 0.743. The standard InChI is InChI=1S/C16H18N6/c1-4-13-10-14(19-15-9-11(2)22(3)21-15)20-16(18-13)12-5-7-17-8-6-12/h5-10H,4H2,1-3H3,(H,18,19,20,21). The smallest absolute Gasteiger partial charge is 0.161 e. The van der Waals surface area contributed by atoms with Gasteiger partial charge in [0.15, 0.2) is 11.6 Å². The molecule has 0 aliphatic carbocycles. The molecule has 1 N–H and O–H groups in total. The van der Waals surface area contributed by atoms with Crippen LogP contribution in [-0.2, 0) is 13.5 Å². The molecule has 6 nitrogen and oxygen atoms in total. The Morgan fingerprint density at radius 2 is 1.86 bits per heavy atom. The van der Waals surface area contributed by atoms with E-state index in [4.69, 9.17) is 0 Å². The summed E-state index contributed by atoms with van der Waals surface area (Å²) in [6, 6.07) is 7.75. The molecule has 3 rings (SSSR count). The van der Waals surface area contributed by atoms with Crippen molar-refractivity contribution >= 4 is 11.6 Å². The molecular weight excluding hydrogens is 276 g/mol. The van der Waals surface area contributed by atoms with E-state index in [2.05, 4.69) is 32.3 Å². The summed E-state index contributed by atoms with van der Waals surface area (Å²) in [5.41, 5.74) is 3.02. The van der Waals surface area contributed by atoms with Crippen LogP contribution in [-0.4, -0.2) is 24.7 Å². The van der Waals surface area contributed by atoms with Crippen LogP contribution in [0.15, 0.2) is 36.7 Å². The SMILES string of the molecule is CCc1cc(Nc2cc(C)n(C)n2)nc(-c2ccncc2)n1. The molecule has 112 valence electrons. The highest BCUT2D eigenvalue weighted by atomic mass is 15.3. The summed E-state index contributed by atoms with van der Waals surface area (Å²) in [5.74, 6) is 2.22. The molecule has 0 unspecified atom stereocenters. The molecular formula is C16H18N6. The van der Waals surface area contributed by atoms with Crippen molar-refractivity contribution in [2.24, 2.45) is 7.05 Å². The number of anilines is 2. The Bertz CT molecular complexity index is 759. The minimum atomic E-state index is 0.692. The number of hydrogen-bond acceptors (Lipinski definition) is 5. The fourth-order valence-corrected chi connectivity index (χ4v) is 2.13. The second-order valence-electron chi connectivity index (χ2n) is 5.08. The van der Waals surface area contributed by atoms with Crippen LogP contribution in [0, 0.1) is 6.92 Å². The topological polar surface area (TPSA) is 68.5 Å². The van der Waals surface area contributed by atoms with Gasteiger partial charge >= 0.3 is 0 Å². The fraction of sp³-hybridized carbons (Fsp3) is 0.250. The molecule has 6 heteroatoms. The first-order chi connectivity index (χ1) is 10.7. The number of nitrogens with zero attached hydrogens (tertiary/aromatic N) is 5. The van der Waals surface area contributed by atoms with Gasteiger partial charge in [0, 0.05) is 48.5 Å². The Morgan fingerprint density at radius 3 is 2.50 bits per heavy atom. The molecule has 0 bridgehead atoms. The highest BCUT2D eigenvalue weighted by Gasteiger charge is 2.08. The van der Waals surface area contributed by atoms with E-state index in [1.807, 2.05) is 42.9 Å². The summed E-state index contributed by atoms with van der Waals surface area (Å²) in [6.07, 6.45) is 4.33. The van der Waals surface area contributed by atoms with Crippen LogP contribution in [0.4, 0.5) is 11.6 Å². The van der Waals surface area contributed by atoms with E-state index < -0.39 is 0 Å². The zero-order chi connectivity index (χ0) is 15.5. The summed E-state index contributed by atoms with van der Waals surface area (Å²) in [4.78, 5) is 13.2. The summed E-state index contributed by atoms with van der Waals surface area (Å²) in [7, 11) is 1.92. The first-order valence-electron chi connectivity index (χ1n) is 7.21. The summed E-state index contributed by atoms with van der Waals surface area (Å²) < 4.78 is 1.83. The molecule has 3 heterocycles. The average Bonchev–Trinajstić information content (AvgIpc) is 2.85. The molecule has 22 heavy (non-hydrogen) atoms. The number of aryl methyl sites for hydroxylation is 3. The Morgan fingerprint density at radius 1 is 1.09 bits per heavy atom. The van der Waals surface area contributed by atoms with Gasteiger partial charge in [-0.2, -0.15) is 5.10 Å². The maximum atomic E-state index is 4.59. The molecule has 0 atom stereocenters. The van der Waals surface area contributed by atoms with Gasteiger partial charge in [0.1, 0.15) is 5.82 Å². The van der Waals surface area contributed by atoms with Crippen LogP contribution < -0.4 is 5.32 Å². The fourth-order valence-electron chi connectivity index (χ4n) is 2.13. The van der Waals surface area contributed by atoms with Crippen molar-refractivity contribution in [2.75, 3.05) is 5.32 Å². The Kier molecular flexibility index (Phi) is 3.82. The van der Waals surface area contributed by atoms with Crippen LogP contribution in [0.3, 0.4) is 0 Å². The Hall–Kier alpha value is -2.76. The van der Waals surface area contributed by atoms with E-state index in [9.17, 15) is 0 Å². The molecule has 3 aromatic heterocycles. The van der Waals surface area contributed by atoms with Crippen molar-refractivity contribution in [3.63, 3.8) is 0 Å². The van der Waals surface area contributed by atoms with Crippen LogP contribution in [0.2, 0.25) is 0 Å². The van der Waals surface area contributed by atoms with Gasteiger partial charge in [-0.3, -0.25) is 9.67 Å². The first-order valence-corrected chi connectivity index (χ1v) is 7.21. The quantitative estimate of drug-likeness (QED) is 0.801. The molecule has 0 radical (unpaired) electrons. The number of pyridine rings is 1. The lowest BCUT2D eigenvalue weighted by Crippen LogP contribution is -2.01. The third-order valence-electron chi connectivity index (χ3n) is 3.45. The predicted molar refractivity (Wildman–Crippen MR) is 85.9 cm³/mol. The molecule has 3 aromatic rings. The number of aromatic nitrogens is 5. The van der Waals surface area contributed by atoms with Crippen molar-refractivity contribution in [3.05, 3.63) is 48.0 Å². The van der Waals surface area contributed by atoms with Crippen LogP contribution in [0.5, 0.6) is 0 Å². The van der Waals surface area contributed by atoms with Gasteiger partial charge in [0.2, 0.25) is 0 Å². The minimum absolute atomic E-state index is 0.692. The summed E-state index contributed by atoms with van der Waals surface area (Å²) >= 11 is 0. The van der Waals surface area contributed by atoms with Crippen molar-refractivity contribution in [2.45, 2.75) is 20.3 Å². The molecule has 0 aliphatic heterocycles. The summed E-state index contributed by atoms with van der Waals surface area (Å²) in [6.45, 7) is 4.09. The van der Waals surface area contributed by atoms with E-state index in [-0.39, 0.29) is 0 Å². The largest absolute Gasteiger partial charge is 0.323 e. The van der Waals surface area contributed by atoms with E-state index in [0.717, 1.165) is 35.0 Å². The van der Waals surface area contributed by atoms with E-state index in [0.29, 0.717) is 5.82 Å². The van der Waals surface area contributed by atoms with Gasteiger partial charge in [-0.1, -0.05) is 6.92 Å². The highest BCUT2D eigenvalue weighted by molar-refractivity contribution is 5.59. The molecule has 0 aliphatic rings. The normalized spacial score (nSPS) is 10.7. The number of rotatable bonds is 4. The van der Waals surface area contributed by atoms with Crippen molar-refractivity contribution < 1.29 is 0 Å². The third kappa shape index (κ3) is 2.95. The zero-order valence-electron chi connectivity index (χ0n) is 12.9. The lowest BCUT2D eigenvalue weighted by atomic mass is 10.2. The number of hydrogen-bond donors (Lipinski definition) is 1. The van der Waals surface area contributed by atoms with Gasteiger partial charge in [-0.15, -0.1) is 0 Å². The lowest BCUT2D eigenvalue weighted by Gasteiger charge is -2.07. The second-order valence-corrected chi connectivity index (χ2v) is 5.08. The minimum Gasteiger partial charge on any atom is -0.323 e. The molecule has 0 saturated heterocycles. The Balaban J connectivity index is 1.97. The highest BCUT2D eigenvalue weighted by Crippen LogP contribution is 2.20. The van der Waals surface area contributed by atoms with Crippen molar-refractivity contribution in [3.8, 4) is 11.4 Å². The van der Waals surface area contributed by atoms with Crippen LogP contribution >= 0.6 is 0 Å². The van der Waals surface area contributed by atoms with Gasteiger partial charge in [-0.05, 0) is 25.5 Å². The predicted octanol–water partition coefficient (Wildman–Crippen LogP) is 2.89. The molecule has 0 amide bonds. The van der Waals surface area contributed by atoms with E-state index in [1.165, 1.54) is 0 Å². The van der Waals surface area contributed by atoms with Gasteiger partial charge in [-0.25, -0.2) is 9.97 Å². The van der Waals surface area contributed by atoms with Crippen molar-refractivity contribution in [1.29, 1.82) is 0 Å². The molecule has 0 saturated carbocycles. The van der Waals surface area contributed by atoms with Gasteiger partial charge in [0.05, 0.1) is 0 Å². The maximum Gasteiger partial charge on any atom is 0.161 e. The second kappa shape index (κ2) is 5.93. The Labute approximate surface area is 129 Å². The third-order valence-corrected chi connectivity index (χ3v) is 3.45. The molecule has 0 fully saturated rings. The van der Waals surface area contributed by atoms with Gasteiger partial charge < -0.3 is 5.32 Å². The first kappa shape index (κ1) is 14.2. The zero-order valence-corrected chi connectivity index (χ0v) is 12.9. The van der Waals surface area contributed by atoms with E-state index in [1.54, 1.807) is 12.4 Å². The summed E-state index contributed by atoms with van der Waals surface area (Å²) in [5, 5.41) is 7.65. The van der Waals surface area contributed by atoms with E-state index >= 15 is 0 Å². The van der Waals surface area contributed by atoms with Crippen molar-refractivity contribution in [1.82, 2.24) is 24.7 Å². The molecule has 0 spiro atoms. The van der Waals surface area contributed by atoms with Crippen LogP contribution in [0.25, 0.3) is 11.4 Å². The maximum absolute atomic E-state index is 4.59. The monoisotopic (exact) mass is 294 g/mol. The number of nitrogens with one attached hydrogen (secondary N) is 1. The average molecular weight is 294 g/mol.